The number of amides is 1. The van der Waals surface area contributed by atoms with Gasteiger partial charge in [-0.2, -0.15) is 0 Å². The van der Waals surface area contributed by atoms with Crippen molar-refractivity contribution < 1.29 is 4.79 Å². The monoisotopic (exact) mass is 207 g/mol. The first kappa shape index (κ1) is 9.85. The summed E-state index contributed by atoms with van der Waals surface area (Å²) in [5, 5.41) is 3.12. The van der Waals surface area contributed by atoms with Gasteiger partial charge < -0.3 is 16.0 Å². The fourth-order valence-corrected chi connectivity index (χ4v) is 1.64. The third-order valence-electron chi connectivity index (χ3n) is 2.38. The molecular weight excluding hydrogens is 194 g/mol. The second-order valence-electron chi connectivity index (χ2n) is 3.36. The summed E-state index contributed by atoms with van der Waals surface area (Å²) in [5.41, 5.74) is 5.32. The zero-order valence-corrected chi connectivity index (χ0v) is 8.26. The van der Waals surface area contributed by atoms with E-state index in [2.05, 4.69) is 15.3 Å². The van der Waals surface area contributed by atoms with Crippen LogP contribution in [-0.2, 0) is 4.79 Å². The Morgan fingerprint density at radius 1 is 1.53 bits per heavy atom. The lowest BCUT2D eigenvalue weighted by Crippen LogP contribution is -2.57. The Morgan fingerprint density at radius 2 is 2.27 bits per heavy atom. The van der Waals surface area contributed by atoms with E-state index < -0.39 is 0 Å². The molecule has 0 aliphatic carbocycles. The third kappa shape index (κ3) is 2.04. The van der Waals surface area contributed by atoms with Gasteiger partial charge in [-0.1, -0.05) is 0 Å². The van der Waals surface area contributed by atoms with E-state index >= 15 is 0 Å². The maximum atomic E-state index is 11.2. The number of nitrogens with one attached hydrogen (secondary N) is 1. The molecule has 0 bridgehead atoms. The number of nitrogens with zero attached hydrogens (tertiary/aromatic N) is 3. The maximum Gasteiger partial charge on any atom is 0.241 e. The first-order valence-corrected chi connectivity index (χ1v) is 4.83. The van der Waals surface area contributed by atoms with Crippen molar-refractivity contribution in [3.8, 4) is 0 Å². The van der Waals surface area contributed by atoms with Crippen LogP contribution in [0.25, 0.3) is 0 Å². The highest BCUT2D eigenvalue weighted by Crippen LogP contribution is 2.11. The maximum absolute atomic E-state index is 11.2. The molecule has 1 aromatic heterocycles. The van der Waals surface area contributed by atoms with Gasteiger partial charge in [-0.3, -0.25) is 4.79 Å². The van der Waals surface area contributed by atoms with Crippen molar-refractivity contribution in [1.29, 1.82) is 0 Å². The average Bonchev–Trinajstić information content (AvgIpc) is 2.30. The molecule has 3 N–H and O–H groups in total. The second-order valence-corrected chi connectivity index (χ2v) is 3.36. The number of rotatable bonds is 2. The highest BCUT2D eigenvalue weighted by Gasteiger charge is 2.28. The summed E-state index contributed by atoms with van der Waals surface area (Å²) in [4.78, 5) is 21.3. The normalized spacial score (nSPS) is 21.3. The summed E-state index contributed by atoms with van der Waals surface area (Å²) in [6.07, 6.45) is 3.31. The zero-order valence-electron chi connectivity index (χ0n) is 8.26. The SMILES string of the molecule is NC(=O)C1CNCCN1c1ncccn1. The lowest BCUT2D eigenvalue weighted by Gasteiger charge is -2.33. The molecule has 1 unspecified atom stereocenters. The summed E-state index contributed by atoms with van der Waals surface area (Å²) in [7, 11) is 0. The molecule has 1 atom stereocenters. The van der Waals surface area contributed by atoms with Crippen molar-refractivity contribution in [1.82, 2.24) is 15.3 Å². The van der Waals surface area contributed by atoms with Crippen LogP contribution in [0, 0.1) is 0 Å². The summed E-state index contributed by atoms with van der Waals surface area (Å²) >= 11 is 0. The molecule has 6 nitrogen and oxygen atoms in total. The largest absolute Gasteiger partial charge is 0.368 e. The van der Waals surface area contributed by atoms with Crippen molar-refractivity contribution in [2.24, 2.45) is 5.73 Å². The van der Waals surface area contributed by atoms with Gasteiger partial charge in [0.05, 0.1) is 0 Å². The molecule has 1 aromatic rings. The van der Waals surface area contributed by atoms with E-state index in [4.69, 9.17) is 5.73 Å². The fourth-order valence-electron chi connectivity index (χ4n) is 1.64. The Hall–Kier alpha value is -1.69. The summed E-state index contributed by atoms with van der Waals surface area (Å²) in [5.74, 6) is 0.206. The number of piperazine rings is 1. The number of nitrogens with two attached hydrogens (primary N) is 1. The van der Waals surface area contributed by atoms with Gasteiger partial charge in [-0.15, -0.1) is 0 Å². The van der Waals surface area contributed by atoms with Crippen LogP contribution in [0.4, 0.5) is 5.95 Å². The number of carbonyl (C=O) groups is 1. The van der Waals surface area contributed by atoms with Crippen LogP contribution >= 0.6 is 0 Å². The van der Waals surface area contributed by atoms with E-state index in [-0.39, 0.29) is 11.9 Å². The van der Waals surface area contributed by atoms with E-state index in [1.165, 1.54) is 0 Å². The smallest absolute Gasteiger partial charge is 0.241 e. The van der Waals surface area contributed by atoms with Crippen molar-refractivity contribution in [3.05, 3.63) is 18.5 Å². The van der Waals surface area contributed by atoms with E-state index in [9.17, 15) is 4.79 Å². The van der Waals surface area contributed by atoms with Crippen molar-refractivity contribution in [2.75, 3.05) is 24.5 Å². The van der Waals surface area contributed by atoms with Gasteiger partial charge in [0, 0.05) is 32.0 Å². The van der Waals surface area contributed by atoms with Gasteiger partial charge in [-0.05, 0) is 6.07 Å². The molecule has 1 fully saturated rings. The van der Waals surface area contributed by atoms with Crippen LogP contribution in [0.5, 0.6) is 0 Å². The molecule has 80 valence electrons. The van der Waals surface area contributed by atoms with E-state index in [1.54, 1.807) is 18.5 Å². The Kier molecular flexibility index (Phi) is 2.77. The molecular formula is C9H13N5O. The molecule has 15 heavy (non-hydrogen) atoms. The van der Waals surface area contributed by atoms with Gasteiger partial charge in [0.15, 0.2) is 0 Å². The van der Waals surface area contributed by atoms with E-state index in [0.29, 0.717) is 19.0 Å². The first-order chi connectivity index (χ1) is 7.29. The number of aromatic nitrogens is 2. The summed E-state index contributed by atoms with van der Waals surface area (Å²) in [6.45, 7) is 2.05. The van der Waals surface area contributed by atoms with E-state index in [1.807, 2.05) is 4.90 Å². The second kappa shape index (κ2) is 4.22. The number of anilines is 1. The number of carbonyl (C=O) groups excluding carboxylic acids is 1. The molecule has 2 heterocycles. The Morgan fingerprint density at radius 3 is 2.93 bits per heavy atom. The van der Waals surface area contributed by atoms with E-state index in [0.717, 1.165) is 6.54 Å². The van der Waals surface area contributed by atoms with Crippen LogP contribution in [-0.4, -0.2) is 41.6 Å². The molecule has 1 saturated heterocycles. The summed E-state index contributed by atoms with van der Waals surface area (Å²) in [6, 6.07) is 1.38. The van der Waals surface area contributed by atoms with Crippen molar-refractivity contribution in [3.63, 3.8) is 0 Å². The van der Waals surface area contributed by atoms with Gasteiger partial charge in [-0.25, -0.2) is 9.97 Å². The lowest BCUT2D eigenvalue weighted by molar-refractivity contribution is -0.119. The Balaban J connectivity index is 2.22. The first-order valence-electron chi connectivity index (χ1n) is 4.83. The lowest BCUT2D eigenvalue weighted by atomic mass is 10.2. The zero-order chi connectivity index (χ0) is 10.7. The summed E-state index contributed by atoms with van der Waals surface area (Å²) < 4.78 is 0. The third-order valence-corrected chi connectivity index (χ3v) is 2.38. The van der Waals surface area contributed by atoms with Gasteiger partial charge in [0.1, 0.15) is 6.04 Å². The van der Waals surface area contributed by atoms with Gasteiger partial charge in [0.2, 0.25) is 11.9 Å². The topological polar surface area (TPSA) is 84.1 Å². The van der Waals surface area contributed by atoms with Crippen LogP contribution < -0.4 is 16.0 Å². The molecule has 0 spiro atoms. The minimum atomic E-state index is -0.360. The standard InChI is InChI=1S/C9H13N5O/c10-8(15)7-6-11-4-5-14(7)9-12-2-1-3-13-9/h1-3,7,11H,4-6H2,(H2,10,15). The quantitative estimate of drug-likeness (QED) is 0.632. The molecule has 1 aliphatic heterocycles. The Labute approximate surface area is 87.5 Å². The number of hydrogen-bond donors (Lipinski definition) is 2. The minimum absolute atomic E-state index is 0.352. The Bertz CT molecular complexity index is 342. The van der Waals surface area contributed by atoms with Crippen LogP contribution in [0.2, 0.25) is 0 Å². The number of primary amides is 1. The molecule has 0 saturated carbocycles. The highest BCUT2D eigenvalue weighted by atomic mass is 16.1. The molecule has 6 heteroatoms. The number of hydrogen-bond acceptors (Lipinski definition) is 5. The minimum Gasteiger partial charge on any atom is -0.368 e. The van der Waals surface area contributed by atoms with Crippen LogP contribution in [0.3, 0.4) is 0 Å². The molecule has 0 aromatic carbocycles. The predicted octanol–water partition coefficient (Wildman–Crippen LogP) is -1.26. The van der Waals surface area contributed by atoms with Crippen molar-refractivity contribution >= 4 is 11.9 Å². The van der Waals surface area contributed by atoms with Crippen LogP contribution in [0.1, 0.15) is 0 Å². The predicted molar refractivity (Wildman–Crippen MR) is 55.2 cm³/mol. The molecule has 1 amide bonds. The fraction of sp³-hybridized carbons (Fsp3) is 0.444. The van der Waals surface area contributed by atoms with Crippen molar-refractivity contribution in [2.45, 2.75) is 6.04 Å². The average molecular weight is 207 g/mol. The van der Waals surface area contributed by atoms with Crippen LogP contribution in [0.15, 0.2) is 18.5 Å². The molecule has 1 aliphatic rings. The van der Waals surface area contributed by atoms with Gasteiger partial charge >= 0.3 is 0 Å². The molecule has 0 radical (unpaired) electrons. The highest BCUT2D eigenvalue weighted by molar-refractivity contribution is 5.83. The molecule has 2 rings (SSSR count). The van der Waals surface area contributed by atoms with Gasteiger partial charge in [0.25, 0.3) is 0 Å².